The van der Waals surface area contributed by atoms with Gasteiger partial charge in [-0.05, 0) is 18.2 Å². The summed E-state index contributed by atoms with van der Waals surface area (Å²) in [6, 6.07) is 11.2. The predicted molar refractivity (Wildman–Crippen MR) is 83.2 cm³/mol. The van der Waals surface area contributed by atoms with Crippen molar-refractivity contribution < 1.29 is 14.6 Å². The summed E-state index contributed by atoms with van der Waals surface area (Å²) >= 11 is 2.89. The summed E-state index contributed by atoms with van der Waals surface area (Å²) < 4.78 is 5.64. The number of thiophene rings is 1. The molecule has 3 rings (SSSR count). The van der Waals surface area contributed by atoms with Gasteiger partial charge in [-0.3, -0.25) is 0 Å². The zero-order valence-corrected chi connectivity index (χ0v) is 12.5. The molecule has 0 radical (unpaired) electrons. The van der Waals surface area contributed by atoms with E-state index in [2.05, 4.69) is 4.98 Å². The van der Waals surface area contributed by atoms with Crippen molar-refractivity contribution in [2.45, 2.75) is 6.61 Å². The number of thiazole rings is 1. The number of aromatic carboxylic acids is 1. The molecule has 1 aromatic carbocycles. The number of carbonyl (C=O) groups is 1. The van der Waals surface area contributed by atoms with E-state index in [4.69, 9.17) is 9.84 Å². The smallest absolute Gasteiger partial charge is 0.336 e. The van der Waals surface area contributed by atoms with Gasteiger partial charge in [-0.2, -0.15) is 0 Å². The molecule has 0 saturated carbocycles. The van der Waals surface area contributed by atoms with Crippen molar-refractivity contribution >= 4 is 28.6 Å². The maximum Gasteiger partial charge on any atom is 0.336 e. The number of benzene rings is 1. The van der Waals surface area contributed by atoms with Crippen molar-refractivity contribution in [2.24, 2.45) is 0 Å². The Morgan fingerprint density at radius 2 is 2.00 bits per heavy atom. The van der Waals surface area contributed by atoms with E-state index in [0.717, 1.165) is 21.3 Å². The van der Waals surface area contributed by atoms with E-state index >= 15 is 0 Å². The molecule has 0 aliphatic carbocycles. The van der Waals surface area contributed by atoms with Gasteiger partial charge in [0.25, 0.3) is 0 Å². The third kappa shape index (κ3) is 3.29. The summed E-state index contributed by atoms with van der Waals surface area (Å²) in [4.78, 5) is 16.2. The van der Waals surface area contributed by atoms with E-state index in [1.165, 1.54) is 22.7 Å². The lowest BCUT2D eigenvalue weighted by Gasteiger charge is -2.02. The highest BCUT2D eigenvalue weighted by Gasteiger charge is 2.11. The zero-order chi connectivity index (χ0) is 14.7. The number of carboxylic acids is 1. The van der Waals surface area contributed by atoms with Gasteiger partial charge in [0.15, 0.2) is 0 Å². The van der Waals surface area contributed by atoms with Crippen LogP contribution in [0.3, 0.4) is 0 Å². The lowest BCUT2D eigenvalue weighted by atomic mass is 10.3. The number of carboxylic acid groups (broad SMARTS) is 1. The number of ether oxygens (including phenoxy) is 1. The Bertz CT molecular complexity index is 749. The van der Waals surface area contributed by atoms with Crippen LogP contribution >= 0.6 is 22.7 Å². The molecule has 2 heterocycles. The molecule has 6 heteroatoms. The van der Waals surface area contributed by atoms with Gasteiger partial charge in [0.1, 0.15) is 17.4 Å². The van der Waals surface area contributed by atoms with Crippen molar-refractivity contribution in [2.75, 3.05) is 0 Å². The number of hydrogen-bond donors (Lipinski definition) is 1. The number of aromatic nitrogens is 1. The van der Waals surface area contributed by atoms with Crippen molar-refractivity contribution in [3.05, 3.63) is 57.7 Å². The van der Waals surface area contributed by atoms with Crippen LogP contribution in [0.15, 0.2) is 47.2 Å². The highest BCUT2D eigenvalue weighted by molar-refractivity contribution is 7.14. The Labute approximate surface area is 129 Å². The average Bonchev–Trinajstić information content (AvgIpc) is 3.15. The summed E-state index contributed by atoms with van der Waals surface area (Å²) in [5.74, 6) is -0.112. The Kier molecular flexibility index (Phi) is 3.98. The molecule has 0 saturated heterocycles. The molecule has 0 atom stereocenters. The fourth-order valence-electron chi connectivity index (χ4n) is 1.73. The lowest BCUT2D eigenvalue weighted by molar-refractivity contribution is 0.0697. The monoisotopic (exact) mass is 317 g/mol. The summed E-state index contributed by atoms with van der Waals surface area (Å²) in [6.07, 6.45) is 0. The topological polar surface area (TPSA) is 59.4 Å². The Balaban J connectivity index is 1.69. The van der Waals surface area contributed by atoms with Crippen LogP contribution in [0.2, 0.25) is 0 Å². The molecule has 0 aliphatic rings. The number of para-hydroxylation sites is 1. The van der Waals surface area contributed by atoms with E-state index in [1.54, 1.807) is 11.4 Å². The molecule has 0 amide bonds. The maximum absolute atomic E-state index is 10.9. The van der Waals surface area contributed by atoms with E-state index in [1.807, 2.05) is 35.7 Å². The fraction of sp³-hybridized carbons (Fsp3) is 0.0667. The van der Waals surface area contributed by atoms with Gasteiger partial charge in [0.2, 0.25) is 0 Å². The third-order valence-corrected chi connectivity index (χ3v) is 4.53. The fourth-order valence-corrected chi connectivity index (χ4v) is 3.36. The van der Waals surface area contributed by atoms with Gasteiger partial charge in [-0.25, -0.2) is 9.78 Å². The first kappa shape index (κ1) is 13.8. The van der Waals surface area contributed by atoms with Crippen LogP contribution in [-0.4, -0.2) is 16.1 Å². The van der Waals surface area contributed by atoms with Crippen LogP contribution in [0.1, 0.15) is 15.4 Å². The van der Waals surface area contributed by atoms with Gasteiger partial charge >= 0.3 is 5.97 Å². The molecule has 2 aromatic heterocycles. The molecule has 0 fully saturated rings. The summed E-state index contributed by atoms with van der Waals surface area (Å²) in [5, 5.41) is 13.3. The van der Waals surface area contributed by atoms with Crippen molar-refractivity contribution in [1.82, 2.24) is 4.98 Å². The molecular weight excluding hydrogens is 306 g/mol. The first-order valence-electron chi connectivity index (χ1n) is 6.17. The Morgan fingerprint density at radius 3 is 2.71 bits per heavy atom. The highest BCUT2D eigenvalue weighted by Crippen LogP contribution is 2.28. The third-order valence-electron chi connectivity index (χ3n) is 2.76. The molecule has 3 aromatic rings. The predicted octanol–water partition coefficient (Wildman–Crippen LogP) is 4.15. The minimum Gasteiger partial charge on any atom is -0.486 e. The Morgan fingerprint density at radius 1 is 1.19 bits per heavy atom. The molecule has 0 aliphatic heterocycles. The van der Waals surface area contributed by atoms with Gasteiger partial charge in [0, 0.05) is 10.8 Å². The van der Waals surface area contributed by atoms with Crippen molar-refractivity contribution in [1.29, 1.82) is 0 Å². The SMILES string of the molecule is O=C(O)c1csc(-c2csc(COc3ccccc3)n2)c1. The zero-order valence-electron chi connectivity index (χ0n) is 10.9. The minimum absolute atomic E-state index is 0.296. The molecule has 1 N–H and O–H groups in total. The molecule has 21 heavy (non-hydrogen) atoms. The molecule has 106 valence electrons. The second kappa shape index (κ2) is 6.07. The number of rotatable bonds is 5. The first-order chi connectivity index (χ1) is 10.2. The number of nitrogens with zero attached hydrogens (tertiary/aromatic N) is 1. The largest absolute Gasteiger partial charge is 0.486 e. The average molecular weight is 317 g/mol. The minimum atomic E-state index is -0.916. The van der Waals surface area contributed by atoms with E-state index < -0.39 is 5.97 Å². The Hall–Kier alpha value is -2.18. The van der Waals surface area contributed by atoms with E-state index in [9.17, 15) is 4.79 Å². The first-order valence-corrected chi connectivity index (χ1v) is 7.93. The van der Waals surface area contributed by atoms with E-state index in [0.29, 0.717) is 12.2 Å². The van der Waals surface area contributed by atoms with Gasteiger partial charge in [-0.1, -0.05) is 18.2 Å². The second-order valence-electron chi connectivity index (χ2n) is 4.23. The standard InChI is InChI=1S/C15H11NO3S2/c17-15(18)10-6-13(20-8-10)12-9-21-14(16-12)7-19-11-4-2-1-3-5-11/h1-6,8-9H,7H2,(H,17,18). The highest BCUT2D eigenvalue weighted by atomic mass is 32.1. The lowest BCUT2D eigenvalue weighted by Crippen LogP contribution is -1.94. The molecular formula is C15H11NO3S2. The molecule has 0 bridgehead atoms. The summed E-state index contributed by atoms with van der Waals surface area (Å²) in [6.45, 7) is 0.409. The van der Waals surface area contributed by atoms with Crippen molar-refractivity contribution in [3.8, 4) is 16.3 Å². The second-order valence-corrected chi connectivity index (χ2v) is 6.09. The van der Waals surface area contributed by atoms with Crippen LogP contribution < -0.4 is 4.74 Å². The van der Waals surface area contributed by atoms with E-state index in [-0.39, 0.29) is 0 Å². The van der Waals surface area contributed by atoms with Gasteiger partial charge in [-0.15, -0.1) is 22.7 Å². The van der Waals surface area contributed by atoms with Gasteiger partial charge < -0.3 is 9.84 Å². The maximum atomic E-state index is 10.9. The van der Waals surface area contributed by atoms with Crippen molar-refractivity contribution in [3.63, 3.8) is 0 Å². The molecule has 0 spiro atoms. The number of hydrogen-bond acceptors (Lipinski definition) is 5. The molecule has 0 unspecified atom stereocenters. The van der Waals surface area contributed by atoms with Gasteiger partial charge in [0.05, 0.1) is 16.1 Å². The normalized spacial score (nSPS) is 10.5. The van der Waals surface area contributed by atoms with Crippen LogP contribution in [0.4, 0.5) is 0 Å². The van der Waals surface area contributed by atoms with Crippen LogP contribution in [0, 0.1) is 0 Å². The molecule has 4 nitrogen and oxygen atoms in total. The summed E-state index contributed by atoms with van der Waals surface area (Å²) in [7, 11) is 0. The van der Waals surface area contributed by atoms with Crippen LogP contribution in [0.25, 0.3) is 10.6 Å². The summed E-state index contributed by atoms with van der Waals surface area (Å²) in [5.41, 5.74) is 1.09. The van der Waals surface area contributed by atoms with Crippen LogP contribution in [0.5, 0.6) is 5.75 Å². The quantitative estimate of drug-likeness (QED) is 0.768. The van der Waals surface area contributed by atoms with Crippen LogP contribution in [-0.2, 0) is 6.61 Å².